The average molecular weight is 268 g/mol. The Morgan fingerprint density at radius 3 is 2.45 bits per heavy atom. The van der Waals surface area contributed by atoms with Gasteiger partial charge >= 0.3 is 0 Å². The van der Waals surface area contributed by atoms with Crippen LogP contribution in [0.2, 0.25) is 0 Å². The van der Waals surface area contributed by atoms with E-state index in [-0.39, 0.29) is 0 Å². The molecule has 1 fully saturated rings. The standard InChI is InChI=1S/C19H24O/c1-14-3-6-16(7-4-14)13-20-19-10-9-17-11-15(2)5-8-18(17)12-19/h5,8-12,14,16H,3-4,6-7,13H2,1-2H3. The molecule has 1 saturated carbocycles. The smallest absolute Gasteiger partial charge is 0.119 e. The van der Waals surface area contributed by atoms with E-state index in [1.807, 2.05) is 0 Å². The first-order valence-electron chi connectivity index (χ1n) is 7.84. The summed E-state index contributed by atoms with van der Waals surface area (Å²) in [6.07, 6.45) is 5.39. The van der Waals surface area contributed by atoms with Crippen LogP contribution in [0.5, 0.6) is 5.75 Å². The van der Waals surface area contributed by atoms with E-state index in [2.05, 4.69) is 50.2 Å². The molecular weight excluding hydrogens is 244 g/mol. The summed E-state index contributed by atoms with van der Waals surface area (Å²) in [4.78, 5) is 0. The molecule has 1 nitrogen and oxygen atoms in total. The van der Waals surface area contributed by atoms with Crippen molar-refractivity contribution in [3.8, 4) is 5.75 Å². The Kier molecular flexibility index (Phi) is 3.95. The van der Waals surface area contributed by atoms with Crippen molar-refractivity contribution >= 4 is 10.8 Å². The van der Waals surface area contributed by atoms with Crippen LogP contribution in [0, 0.1) is 18.8 Å². The number of benzene rings is 2. The van der Waals surface area contributed by atoms with Crippen LogP contribution in [0.1, 0.15) is 38.2 Å². The Morgan fingerprint density at radius 2 is 1.65 bits per heavy atom. The summed E-state index contributed by atoms with van der Waals surface area (Å²) in [6, 6.07) is 13.0. The van der Waals surface area contributed by atoms with Crippen LogP contribution in [0.4, 0.5) is 0 Å². The van der Waals surface area contributed by atoms with Crippen molar-refractivity contribution in [2.24, 2.45) is 11.8 Å². The van der Waals surface area contributed by atoms with E-state index in [1.165, 1.54) is 42.0 Å². The van der Waals surface area contributed by atoms with Crippen LogP contribution in [-0.2, 0) is 0 Å². The van der Waals surface area contributed by atoms with Gasteiger partial charge in [-0.2, -0.15) is 0 Å². The highest BCUT2D eigenvalue weighted by Crippen LogP contribution is 2.29. The first-order valence-corrected chi connectivity index (χ1v) is 7.84. The highest BCUT2D eigenvalue weighted by Gasteiger charge is 2.18. The number of aryl methyl sites for hydroxylation is 1. The number of ether oxygens (including phenoxy) is 1. The molecule has 106 valence electrons. The summed E-state index contributed by atoms with van der Waals surface area (Å²) >= 11 is 0. The lowest BCUT2D eigenvalue weighted by atomic mass is 9.83. The largest absolute Gasteiger partial charge is 0.493 e. The van der Waals surface area contributed by atoms with Crippen molar-refractivity contribution in [1.82, 2.24) is 0 Å². The van der Waals surface area contributed by atoms with E-state index in [9.17, 15) is 0 Å². The van der Waals surface area contributed by atoms with Crippen molar-refractivity contribution in [2.45, 2.75) is 39.5 Å². The van der Waals surface area contributed by atoms with Gasteiger partial charge in [-0.05, 0) is 54.5 Å². The van der Waals surface area contributed by atoms with E-state index in [1.54, 1.807) is 0 Å². The Hall–Kier alpha value is -1.50. The van der Waals surface area contributed by atoms with Crippen LogP contribution in [0.3, 0.4) is 0 Å². The molecule has 2 aromatic rings. The summed E-state index contributed by atoms with van der Waals surface area (Å²) < 4.78 is 6.02. The lowest BCUT2D eigenvalue weighted by Crippen LogP contribution is -2.18. The zero-order valence-electron chi connectivity index (χ0n) is 12.6. The fourth-order valence-electron chi connectivity index (χ4n) is 3.14. The second kappa shape index (κ2) is 5.87. The van der Waals surface area contributed by atoms with Crippen molar-refractivity contribution in [3.63, 3.8) is 0 Å². The van der Waals surface area contributed by atoms with Gasteiger partial charge in [-0.25, -0.2) is 0 Å². The van der Waals surface area contributed by atoms with E-state index >= 15 is 0 Å². The molecule has 1 heteroatoms. The normalized spacial score (nSPS) is 22.9. The second-order valence-corrected chi connectivity index (χ2v) is 6.45. The Morgan fingerprint density at radius 1 is 0.950 bits per heavy atom. The van der Waals surface area contributed by atoms with Gasteiger partial charge in [0.25, 0.3) is 0 Å². The molecule has 0 aromatic heterocycles. The minimum Gasteiger partial charge on any atom is -0.493 e. The van der Waals surface area contributed by atoms with Crippen LogP contribution in [-0.4, -0.2) is 6.61 Å². The van der Waals surface area contributed by atoms with E-state index in [0.717, 1.165) is 24.2 Å². The van der Waals surface area contributed by atoms with Gasteiger partial charge in [-0.1, -0.05) is 49.6 Å². The predicted octanol–water partition coefficient (Wildman–Crippen LogP) is 5.35. The van der Waals surface area contributed by atoms with E-state index in [4.69, 9.17) is 4.74 Å². The maximum atomic E-state index is 6.02. The summed E-state index contributed by atoms with van der Waals surface area (Å²) in [6.45, 7) is 5.38. The molecule has 1 aliphatic rings. The Balaban J connectivity index is 1.64. The maximum absolute atomic E-state index is 6.02. The zero-order chi connectivity index (χ0) is 13.9. The summed E-state index contributed by atoms with van der Waals surface area (Å²) in [7, 11) is 0. The third-order valence-electron chi connectivity index (χ3n) is 4.59. The zero-order valence-corrected chi connectivity index (χ0v) is 12.6. The quantitative estimate of drug-likeness (QED) is 0.728. The van der Waals surface area contributed by atoms with Gasteiger partial charge in [0.05, 0.1) is 6.61 Å². The SMILES string of the molecule is Cc1ccc2cc(OCC3CCC(C)CC3)ccc2c1. The minimum absolute atomic E-state index is 0.750. The van der Waals surface area contributed by atoms with Crippen LogP contribution >= 0.6 is 0 Å². The van der Waals surface area contributed by atoms with Crippen molar-refractivity contribution < 1.29 is 4.74 Å². The van der Waals surface area contributed by atoms with Crippen molar-refractivity contribution in [1.29, 1.82) is 0 Å². The maximum Gasteiger partial charge on any atom is 0.119 e. The lowest BCUT2D eigenvalue weighted by Gasteiger charge is -2.26. The molecule has 0 unspecified atom stereocenters. The predicted molar refractivity (Wildman–Crippen MR) is 85.3 cm³/mol. The fraction of sp³-hybridized carbons (Fsp3) is 0.474. The molecule has 2 aromatic carbocycles. The van der Waals surface area contributed by atoms with Crippen molar-refractivity contribution in [2.75, 3.05) is 6.61 Å². The molecule has 0 radical (unpaired) electrons. The molecule has 0 heterocycles. The molecule has 0 atom stereocenters. The molecule has 3 rings (SSSR count). The minimum atomic E-state index is 0.750. The molecule has 0 N–H and O–H groups in total. The van der Waals surface area contributed by atoms with Gasteiger partial charge < -0.3 is 4.74 Å². The molecule has 0 bridgehead atoms. The Bertz CT molecular complexity index is 579. The summed E-state index contributed by atoms with van der Waals surface area (Å²) in [5, 5.41) is 2.56. The third kappa shape index (κ3) is 3.15. The summed E-state index contributed by atoms with van der Waals surface area (Å²) in [5.41, 5.74) is 1.31. The number of fused-ring (bicyclic) bond motifs is 1. The van der Waals surface area contributed by atoms with Gasteiger partial charge in [-0.3, -0.25) is 0 Å². The van der Waals surface area contributed by atoms with Crippen LogP contribution in [0.25, 0.3) is 10.8 Å². The number of hydrogen-bond donors (Lipinski definition) is 0. The van der Waals surface area contributed by atoms with Gasteiger partial charge in [0.1, 0.15) is 5.75 Å². The first-order chi connectivity index (χ1) is 9.70. The highest BCUT2D eigenvalue weighted by molar-refractivity contribution is 5.84. The third-order valence-corrected chi connectivity index (χ3v) is 4.59. The van der Waals surface area contributed by atoms with Gasteiger partial charge in [0, 0.05) is 0 Å². The number of rotatable bonds is 3. The molecular formula is C19H24O. The molecule has 20 heavy (non-hydrogen) atoms. The van der Waals surface area contributed by atoms with Gasteiger partial charge in [-0.15, -0.1) is 0 Å². The first kappa shape index (κ1) is 13.5. The van der Waals surface area contributed by atoms with Crippen molar-refractivity contribution in [3.05, 3.63) is 42.0 Å². The van der Waals surface area contributed by atoms with E-state index < -0.39 is 0 Å². The van der Waals surface area contributed by atoms with Gasteiger partial charge in [0.15, 0.2) is 0 Å². The Labute approximate surface area is 122 Å². The molecule has 0 spiro atoms. The highest BCUT2D eigenvalue weighted by atomic mass is 16.5. The molecule has 0 saturated heterocycles. The molecule has 0 amide bonds. The van der Waals surface area contributed by atoms with Crippen LogP contribution < -0.4 is 4.74 Å². The monoisotopic (exact) mass is 268 g/mol. The van der Waals surface area contributed by atoms with Gasteiger partial charge in [0.2, 0.25) is 0 Å². The van der Waals surface area contributed by atoms with E-state index in [0.29, 0.717) is 0 Å². The average Bonchev–Trinajstić information content (AvgIpc) is 2.46. The fourth-order valence-corrected chi connectivity index (χ4v) is 3.14. The van der Waals surface area contributed by atoms with Crippen LogP contribution in [0.15, 0.2) is 36.4 Å². The molecule has 0 aliphatic heterocycles. The molecule has 1 aliphatic carbocycles. The lowest BCUT2D eigenvalue weighted by molar-refractivity contribution is 0.188. The second-order valence-electron chi connectivity index (χ2n) is 6.45. The topological polar surface area (TPSA) is 9.23 Å². The summed E-state index contributed by atoms with van der Waals surface area (Å²) in [5.74, 6) is 2.68. The number of hydrogen-bond acceptors (Lipinski definition) is 1.